The van der Waals surface area contributed by atoms with Crippen LogP contribution in [-0.4, -0.2) is 34.9 Å². The van der Waals surface area contributed by atoms with Gasteiger partial charge in [-0.25, -0.2) is 0 Å². The van der Waals surface area contributed by atoms with Gasteiger partial charge in [-0.05, 0) is 12.8 Å². The molecule has 264 valence electrons. The molecule has 0 bridgehead atoms. The number of hydrogen-bond acceptors (Lipinski definition) is 3. The average Bonchev–Trinajstić information content (AvgIpc) is 3.03. The highest BCUT2D eigenvalue weighted by molar-refractivity contribution is 5.76. The van der Waals surface area contributed by atoms with Gasteiger partial charge in [0.15, 0.2) is 0 Å². The topological polar surface area (TPSA) is 69.6 Å². The third-order valence-corrected chi connectivity index (χ3v) is 9.62. The molecule has 0 spiro atoms. The summed E-state index contributed by atoms with van der Waals surface area (Å²) in [5.41, 5.74) is 0. The molecule has 0 aliphatic carbocycles. The molecule has 0 radical (unpaired) electrons. The van der Waals surface area contributed by atoms with E-state index in [1.807, 2.05) is 0 Å². The molecule has 2 atom stereocenters. The lowest BCUT2D eigenvalue weighted by atomic mass is 10.0. The SMILES string of the molecule is CCCCCCCCCCCCCCCCCCCCCCCCCCCCCCC(=O)NC(CO)C(O)CCCCCC. The lowest BCUT2D eigenvalue weighted by Crippen LogP contribution is -2.45. The molecule has 0 aliphatic rings. The number of nitrogens with one attached hydrogen (secondary N) is 1. The highest BCUT2D eigenvalue weighted by Gasteiger charge is 2.19. The molecular formula is C40H81NO3. The van der Waals surface area contributed by atoms with Gasteiger partial charge in [0.1, 0.15) is 0 Å². The molecule has 0 rings (SSSR count). The summed E-state index contributed by atoms with van der Waals surface area (Å²) >= 11 is 0. The predicted molar refractivity (Wildman–Crippen MR) is 193 cm³/mol. The van der Waals surface area contributed by atoms with Crippen molar-refractivity contribution in [1.82, 2.24) is 5.32 Å². The quantitative estimate of drug-likeness (QED) is 0.0603. The molecule has 2 unspecified atom stereocenters. The van der Waals surface area contributed by atoms with Gasteiger partial charge in [-0.3, -0.25) is 4.79 Å². The Labute approximate surface area is 276 Å². The largest absolute Gasteiger partial charge is 0.394 e. The molecule has 0 aromatic carbocycles. The standard InChI is InChI=1S/C40H81NO3/c1-3-5-7-9-10-11-12-13-14-15-16-17-18-19-20-21-22-23-24-25-26-27-28-29-30-31-32-34-36-40(44)41-38(37-42)39(43)35-33-8-6-4-2/h38-39,42-43H,3-37H2,1-2H3,(H,41,44). The Morgan fingerprint density at radius 1 is 0.455 bits per heavy atom. The summed E-state index contributed by atoms with van der Waals surface area (Å²) < 4.78 is 0. The van der Waals surface area contributed by atoms with E-state index >= 15 is 0 Å². The Balaban J connectivity index is 3.28. The minimum absolute atomic E-state index is 0.0357. The number of rotatable bonds is 37. The van der Waals surface area contributed by atoms with Crippen LogP contribution in [0.25, 0.3) is 0 Å². The van der Waals surface area contributed by atoms with Crippen LogP contribution in [0.3, 0.4) is 0 Å². The molecule has 0 fully saturated rings. The van der Waals surface area contributed by atoms with Crippen molar-refractivity contribution in [3.05, 3.63) is 0 Å². The van der Waals surface area contributed by atoms with Crippen LogP contribution in [0.15, 0.2) is 0 Å². The normalized spacial score (nSPS) is 12.9. The molecule has 0 aromatic heterocycles. The van der Waals surface area contributed by atoms with E-state index in [1.165, 1.54) is 173 Å². The fraction of sp³-hybridized carbons (Fsp3) is 0.975. The maximum absolute atomic E-state index is 12.2. The van der Waals surface area contributed by atoms with Crippen LogP contribution in [0.2, 0.25) is 0 Å². The van der Waals surface area contributed by atoms with Gasteiger partial charge >= 0.3 is 0 Å². The number of aliphatic hydroxyl groups is 2. The maximum atomic E-state index is 12.2. The van der Waals surface area contributed by atoms with Gasteiger partial charge in [0, 0.05) is 6.42 Å². The van der Waals surface area contributed by atoms with E-state index in [-0.39, 0.29) is 12.5 Å². The van der Waals surface area contributed by atoms with Gasteiger partial charge in [-0.2, -0.15) is 0 Å². The fourth-order valence-corrected chi connectivity index (χ4v) is 6.48. The van der Waals surface area contributed by atoms with Gasteiger partial charge in [-0.15, -0.1) is 0 Å². The van der Waals surface area contributed by atoms with Crippen molar-refractivity contribution in [2.24, 2.45) is 0 Å². The first-order chi connectivity index (χ1) is 21.7. The van der Waals surface area contributed by atoms with Crippen molar-refractivity contribution in [2.45, 2.75) is 244 Å². The van der Waals surface area contributed by atoms with Crippen molar-refractivity contribution < 1.29 is 15.0 Å². The van der Waals surface area contributed by atoms with E-state index in [2.05, 4.69) is 19.2 Å². The Bertz CT molecular complexity index is 555. The molecule has 0 saturated heterocycles. The van der Waals surface area contributed by atoms with Gasteiger partial charge in [0.2, 0.25) is 5.91 Å². The number of aliphatic hydroxyl groups excluding tert-OH is 2. The summed E-state index contributed by atoms with van der Waals surface area (Å²) in [6.45, 7) is 4.27. The van der Waals surface area contributed by atoms with Crippen LogP contribution >= 0.6 is 0 Å². The first-order valence-corrected chi connectivity index (χ1v) is 20.2. The van der Waals surface area contributed by atoms with E-state index in [1.54, 1.807) is 0 Å². The molecule has 1 amide bonds. The molecule has 0 heterocycles. The summed E-state index contributed by atoms with van der Waals surface area (Å²) in [6.07, 6.45) is 43.8. The van der Waals surface area contributed by atoms with Gasteiger partial charge in [-0.1, -0.05) is 213 Å². The monoisotopic (exact) mass is 624 g/mol. The third-order valence-electron chi connectivity index (χ3n) is 9.62. The van der Waals surface area contributed by atoms with Crippen molar-refractivity contribution in [2.75, 3.05) is 6.61 Å². The summed E-state index contributed by atoms with van der Waals surface area (Å²) in [7, 11) is 0. The first kappa shape index (κ1) is 43.4. The first-order valence-electron chi connectivity index (χ1n) is 20.2. The summed E-state index contributed by atoms with van der Waals surface area (Å²) in [5, 5.41) is 22.7. The second-order valence-electron chi connectivity index (χ2n) is 14.1. The van der Waals surface area contributed by atoms with Crippen LogP contribution in [0.4, 0.5) is 0 Å². The third kappa shape index (κ3) is 32.8. The minimum Gasteiger partial charge on any atom is -0.394 e. The zero-order valence-corrected chi connectivity index (χ0v) is 30.2. The minimum atomic E-state index is -0.649. The Kier molecular flexibility index (Phi) is 36.3. The van der Waals surface area contributed by atoms with Gasteiger partial charge < -0.3 is 15.5 Å². The van der Waals surface area contributed by atoms with E-state index in [0.29, 0.717) is 12.8 Å². The summed E-state index contributed by atoms with van der Waals surface area (Å²) in [4.78, 5) is 12.2. The number of carbonyl (C=O) groups excluding carboxylic acids is 1. The molecule has 0 aliphatic heterocycles. The Morgan fingerprint density at radius 3 is 1.02 bits per heavy atom. The number of amides is 1. The molecule has 4 nitrogen and oxygen atoms in total. The van der Waals surface area contributed by atoms with Crippen LogP contribution in [-0.2, 0) is 4.79 Å². The summed E-state index contributed by atoms with van der Waals surface area (Å²) in [5.74, 6) is -0.0357. The predicted octanol–water partition coefficient (Wildman–Crippen LogP) is 12.1. The average molecular weight is 624 g/mol. The zero-order valence-electron chi connectivity index (χ0n) is 30.2. The van der Waals surface area contributed by atoms with Crippen LogP contribution in [0.5, 0.6) is 0 Å². The maximum Gasteiger partial charge on any atom is 0.220 e. The van der Waals surface area contributed by atoms with Crippen LogP contribution in [0, 0.1) is 0 Å². The lowest BCUT2D eigenvalue weighted by molar-refractivity contribution is -0.123. The highest BCUT2D eigenvalue weighted by Crippen LogP contribution is 2.16. The van der Waals surface area contributed by atoms with Crippen LogP contribution < -0.4 is 5.32 Å². The number of unbranched alkanes of at least 4 members (excludes halogenated alkanes) is 30. The number of hydrogen-bond donors (Lipinski definition) is 3. The van der Waals surface area contributed by atoms with Crippen molar-refractivity contribution in [3.63, 3.8) is 0 Å². The Hall–Kier alpha value is -0.610. The number of carbonyl (C=O) groups is 1. The van der Waals surface area contributed by atoms with Crippen molar-refractivity contribution >= 4 is 5.91 Å². The molecule has 4 heteroatoms. The van der Waals surface area contributed by atoms with E-state index in [4.69, 9.17) is 0 Å². The molecule has 3 N–H and O–H groups in total. The molecule has 0 saturated carbocycles. The highest BCUT2D eigenvalue weighted by atomic mass is 16.3. The second kappa shape index (κ2) is 36.9. The molecular weight excluding hydrogens is 542 g/mol. The summed E-state index contributed by atoms with van der Waals surface area (Å²) in [6, 6.07) is -0.525. The van der Waals surface area contributed by atoms with Crippen LogP contribution in [0.1, 0.15) is 232 Å². The van der Waals surface area contributed by atoms with E-state index in [0.717, 1.165) is 32.1 Å². The molecule has 0 aromatic rings. The molecule has 44 heavy (non-hydrogen) atoms. The Morgan fingerprint density at radius 2 is 0.727 bits per heavy atom. The van der Waals surface area contributed by atoms with Gasteiger partial charge in [0.05, 0.1) is 18.8 Å². The van der Waals surface area contributed by atoms with Gasteiger partial charge in [0.25, 0.3) is 0 Å². The fourth-order valence-electron chi connectivity index (χ4n) is 6.48. The lowest BCUT2D eigenvalue weighted by Gasteiger charge is -2.22. The van der Waals surface area contributed by atoms with E-state index < -0.39 is 12.1 Å². The smallest absolute Gasteiger partial charge is 0.220 e. The van der Waals surface area contributed by atoms with Crippen molar-refractivity contribution in [1.29, 1.82) is 0 Å². The van der Waals surface area contributed by atoms with Crippen molar-refractivity contribution in [3.8, 4) is 0 Å². The second-order valence-corrected chi connectivity index (χ2v) is 14.1. The van der Waals surface area contributed by atoms with E-state index in [9.17, 15) is 15.0 Å². The zero-order chi connectivity index (χ0) is 32.2.